The summed E-state index contributed by atoms with van der Waals surface area (Å²) in [6.45, 7) is 3.89. The Morgan fingerprint density at radius 2 is 2.04 bits per heavy atom. The standard InChI is InChI=1S/C19H17N3OS/c1-13-6-3-4-7-15(13)9-11-21-18(23)17-14(2)22-19(24-17)16-8-5-10-20-12-16/h3-8,10-12H,9H2,1-2H3. The maximum atomic E-state index is 12.3. The van der Waals surface area contributed by atoms with E-state index in [4.69, 9.17) is 0 Å². The minimum absolute atomic E-state index is 0.242. The SMILES string of the molecule is Cc1ccccc1CC=NC(=O)c1sc(-c2cccnc2)nc1C. The van der Waals surface area contributed by atoms with Crippen LogP contribution in [0.5, 0.6) is 0 Å². The summed E-state index contributed by atoms with van der Waals surface area (Å²) in [6, 6.07) is 11.9. The summed E-state index contributed by atoms with van der Waals surface area (Å²) in [5.74, 6) is -0.242. The molecule has 0 fully saturated rings. The van der Waals surface area contributed by atoms with E-state index in [-0.39, 0.29) is 5.91 Å². The van der Waals surface area contributed by atoms with Gasteiger partial charge in [-0.05, 0) is 37.1 Å². The fourth-order valence-corrected chi connectivity index (χ4v) is 3.28. The second kappa shape index (κ2) is 7.27. The van der Waals surface area contributed by atoms with Crippen LogP contribution in [0.1, 0.15) is 26.5 Å². The molecule has 1 amide bonds. The van der Waals surface area contributed by atoms with Gasteiger partial charge in [0.2, 0.25) is 0 Å². The Balaban J connectivity index is 1.75. The smallest absolute Gasteiger partial charge is 0.266 e. The minimum atomic E-state index is -0.242. The number of pyridine rings is 1. The first-order chi connectivity index (χ1) is 11.6. The maximum absolute atomic E-state index is 12.3. The van der Waals surface area contributed by atoms with Crippen LogP contribution < -0.4 is 0 Å². The molecule has 2 aromatic heterocycles. The van der Waals surface area contributed by atoms with E-state index in [1.807, 2.05) is 37.3 Å². The third-order valence-electron chi connectivity index (χ3n) is 3.68. The molecule has 0 radical (unpaired) electrons. The minimum Gasteiger partial charge on any atom is -0.266 e. The lowest BCUT2D eigenvalue weighted by atomic mass is 10.1. The molecule has 5 heteroatoms. The van der Waals surface area contributed by atoms with E-state index in [1.165, 1.54) is 22.5 Å². The van der Waals surface area contributed by atoms with Crippen molar-refractivity contribution >= 4 is 23.5 Å². The summed E-state index contributed by atoms with van der Waals surface area (Å²) in [5.41, 5.74) is 3.99. The van der Waals surface area contributed by atoms with Crippen LogP contribution in [0, 0.1) is 13.8 Å². The summed E-state index contributed by atoms with van der Waals surface area (Å²) >= 11 is 1.36. The molecule has 0 aliphatic carbocycles. The molecule has 0 saturated carbocycles. The number of aryl methyl sites for hydroxylation is 2. The normalized spacial score (nSPS) is 11.1. The van der Waals surface area contributed by atoms with Crippen molar-refractivity contribution in [2.45, 2.75) is 20.3 Å². The summed E-state index contributed by atoms with van der Waals surface area (Å²) in [4.78, 5) is 25.6. The van der Waals surface area contributed by atoms with Crippen molar-refractivity contribution < 1.29 is 4.79 Å². The van der Waals surface area contributed by atoms with E-state index in [1.54, 1.807) is 18.6 Å². The highest BCUT2D eigenvalue weighted by Crippen LogP contribution is 2.27. The predicted molar refractivity (Wildman–Crippen MR) is 97.8 cm³/mol. The number of aliphatic imine (C=N–C) groups is 1. The summed E-state index contributed by atoms with van der Waals surface area (Å²) in [7, 11) is 0. The molecule has 3 rings (SSSR count). The molecule has 3 aromatic rings. The van der Waals surface area contributed by atoms with E-state index >= 15 is 0 Å². The molecular formula is C19H17N3OS. The quantitative estimate of drug-likeness (QED) is 0.669. The number of carbonyl (C=O) groups is 1. The molecule has 24 heavy (non-hydrogen) atoms. The van der Waals surface area contributed by atoms with Crippen LogP contribution in [0.3, 0.4) is 0 Å². The fourth-order valence-electron chi connectivity index (χ4n) is 2.33. The first-order valence-electron chi connectivity index (χ1n) is 7.64. The van der Waals surface area contributed by atoms with Gasteiger partial charge < -0.3 is 0 Å². The predicted octanol–water partition coefficient (Wildman–Crippen LogP) is 4.28. The lowest BCUT2D eigenvalue weighted by molar-refractivity contribution is 0.101. The number of nitrogens with zero attached hydrogens (tertiary/aromatic N) is 3. The van der Waals surface area contributed by atoms with E-state index in [0.29, 0.717) is 17.0 Å². The Hall–Kier alpha value is -2.66. The molecule has 0 spiro atoms. The van der Waals surface area contributed by atoms with E-state index < -0.39 is 0 Å². The van der Waals surface area contributed by atoms with Crippen LogP contribution in [-0.2, 0) is 6.42 Å². The van der Waals surface area contributed by atoms with Gasteiger partial charge in [0.25, 0.3) is 5.91 Å². The molecule has 2 heterocycles. The molecule has 0 N–H and O–H groups in total. The largest absolute Gasteiger partial charge is 0.288 e. The molecule has 0 bridgehead atoms. The highest BCUT2D eigenvalue weighted by atomic mass is 32.1. The highest BCUT2D eigenvalue weighted by Gasteiger charge is 2.15. The first kappa shape index (κ1) is 16.2. The second-order valence-electron chi connectivity index (χ2n) is 5.42. The Morgan fingerprint density at radius 1 is 1.21 bits per heavy atom. The van der Waals surface area contributed by atoms with Crippen molar-refractivity contribution in [2.75, 3.05) is 0 Å². The third-order valence-corrected chi connectivity index (χ3v) is 4.87. The zero-order valence-corrected chi connectivity index (χ0v) is 14.4. The number of hydrogen-bond acceptors (Lipinski definition) is 4. The van der Waals surface area contributed by atoms with Crippen molar-refractivity contribution in [3.63, 3.8) is 0 Å². The number of thiazole rings is 1. The van der Waals surface area contributed by atoms with Crippen molar-refractivity contribution in [2.24, 2.45) is 4.99 Å². The molecular weight excluding hydrogens is 318 g/mol. The average Bonchev–Trinajstić information content (AvgIpc) is 2.99. The Labute approximate surface area is 145 Å². The maximum Gasteiger partial charge on any atom is 0.288 e. The second-order valence-corrected chi connectivity index (χ2v) is 6.42. The Bertz CT molecular complexity index is 885. The summed E-state index contributed by atoms with van der Waals surface area (Å²) < 4.78 is 0. The van der Waals surface area contributed by atoms with Gasteiger partial charge in [0, 0.05) is 30.6 Å². The van der Waals surface area contributed by atoms with Gasteiger partial charge in [-0.2, -0.15) is 0 Å². The van der Waals surface area contributed by atoms with E-state index in [0.717, 1.165) is 10.6 Å². The van der Waals surface area contributed by atoms with Gasteiger partial charge in [0.1, 0.15) is 9.88 Å². The van der Waals surface area contributed by atoms with Gasteiger partial charge >= 0.3 is 0 Å². The number of hydrogen-bond donors (Lipinski definition) is 0. The van der Waals surface area contributed by atoms with Gasteiger partial charge in [-0.15, -0.1) is 11.3 Å². The Morgan fingerprint density at radius 3 is 2.79 bits per heavy atom. The third kappa shape index (κ3) is 3.63. The zero-order valence-electron chi connectivity index (χ0n) is 13.6. The van der Waals surface area contributed by atoms with Gasteiger partial charge in [0.15, 0.2) is 0 Å². The molecule has 0 saturated heterocycles. The molecule has 0 unspecified atom stereocenters. The van der Waals surface area contributed by atoms with Crippen LogP contribution in [0.4, 0.5) is 0 Å². The molecule has 0 aliphatic heterocycles. The molecule has 120 valence electrons. The number of rotatable bonds is 4. The van der Waals surface area contributed by atoms with Crippen molar-refractivity contribution in [1.29, 1.82) is 0 Å². The van der Waals surface area contributed by atoms with Gasteiger partial charge in [-0.3, -0.25) is 9.78 Å². The molecule has 4 nitrogen and oxygen atoms in total. The van der Waals surface area contributed by atoms with Crippen molar-refractivity contribution in [1.82, 2.24) is 9.97 Å². The van der Waals surface area contributed by atoms with Crippen molar-refractivity contribution in [3.05, 3.63) is 70.5 Å². The van der Waals surface area contributed by atoms with Crippen LogP contribution >= 0.6 is 11.3 Å². The number of aromatic nitrogens is 2. The van der Waals surface area contributed by atoms with Crippen LogP contribution in [0.15, 0.2) is 53.8 Å². The van der Waals surface area contributed by atoms with Gasteiger partial charge in [0.05, 0.1) is 5.69 Å². The number of benzene rings is 1. The van der Waals surface area contributed by atoms with Crippen LogP contribution in [0.25, 0.3) is 10.6 Å². The molecule has 0 aliphatic rings. The lowest BCUT2D eigenvalue weighted by Crippen LogP contribution is -1.97. The van der Waals surface area contributed by atoms with Crippen molar-refractivity contribution in [3.8, 4) is 10.6 Å². The average molecular weight is 335 g/mol. The molecule has 0 atom stereocenters. The van der Waals surface area contributed by atoms with E-state index in [2.05, 4.69) is 28.0 Å². The van der Waals surface area contributed by atoms with E-state index in [9.17, 15) is 4.79 Å². The number of carbonyl (C=O) groups excluding carboxylic acids is 1. The molecule has 1 aromatic carbocycles. The number of amides is 1. The Kier molecular flexibility index (Phi) is 4.91. The summed E-state index contributed by atoms with van der Waals surface area (Å²) in [6.07, 6.45) is 5.78. The first-order valence-corrected chi connectivity index (χ1v) is 8.46. The van der Waals surface area contributed by atoms with Gasteiger partial charge in [-0.1, -0.05) is 24.3 Å². The van der Waals surface area contributed by atoms with Crippen LogP contribution in [-0.4, -0.2) is 22.1 Å². The van der Waals surface area contributed by atoms with Crippen LogP contribution in [0.2, 0.25) is 0 Å². The fraction of sp³-hybridized carbons (Fsp3) is 0.158. The lowest BCUT2D eigenvalue weighted by Gasteiger charge is -2.00. The summed E-state index contributed by atoms with van der Waals surface area (Å²) in [5, 5.41) is 0.790. The van der Waals surface area contributed by atoms with Gasteiger partial charge in [-0.25, -0.2) is 9.98 Å². The monoisotopic (exact) mass is 335 g/mol. The topological polar surface area (TPSA) is 55.2 Å². The zero-order chi connectivity index (χ0) is 16.9. The highest BCUT2D eigenvalue weighted by molar-refractivity contribution is 7.17.